The van der Waals surface area contributed by atoms with Crippen molar-refractivity contribution in [2.24, 2.45) is 0 Å². The van der Waals surface area contributed by atoms with Crippen LogP contribution >= 0.6 is 0 Å². The topological polar surface area (TPSA) is 74.6 Å². The maximum atomic E-state index is 9.70. The third kappa shape index (κ3) is 4.20. The number of pyridine rings is 1. The molecule has 2 heterocycles. The summed E-state index contributed by atoms with van der Waals surface area (Å²) >= 11 is 0. The number of hydrogen-bond acceptors (Lipinski definition) is 3. The Morgan fingerprint density at radius 2 is 1.17 bits per heavy atom. The first kappa shape index (κ1) is 25.0. The molecule has 0 N–H and O–H groups in total. The molecule has 4 nitrogen and oxygen atoms in total. The lowest BCUT2D eigenvalue weighted by atomic mass is 9.85. The Morgan fingerprint density at radius 3 is 1.76 bits per heavy atom. The first-order valence-corrected chi connectivity index (χ1v) is 13.8. The fraction of sp³-hybridized carbons (Fsp3) is 0.0263. The zero-order chi connectivity index (χ0) is 28.5. The van der Waals surface area contributed by atoms with E-state index in [0.29, 0.717) is 17.9 Å². The van der Waals surface area contributed by atoms with Gasteiger partial charge >= 0.3 is 0 Å². The molecule has 1 aliphatic heterocycles. The van der Waals surface area contributed by atoms with Crippen molar-refractivity contribution in [1.82, 2.24) is 4.98 Å². The van der Waals surface area contributed by atoms with Crippen LogP contribution in [0.3, 0.4) is 0 Å². The first-order chi connectivity index (χ1) is 20.8. The molecule has 0 spiro atoms. The van der Waals surface area contributed by atoms with Crippen LogP contribution in [0.1, 0.15) is 11.3 Å². The quantitative estimate of drug-likeness (QED) is 0.211. The number of rotatable bonds is 4. The molecule has 196 valence electrons. The highest BCUT2D eigenvalue weighted by Crippen LogP contribution is 2.44. The Balaban J connectivity index is 1.49. The molecular formula is C38H23N4-. The lowest BCUT2D eigenvalue weighted by Gasteiger charge is -2.25. The summed E-state index contributed by atoms with van der Waals surface area (Å²) in [5, 5.41) is 28.4. The minimum Gasteiger partial charge on any atom is -0.672 e. The molecule has 0 bridgehead atoms. The average Bonchev–Trinajstić information content (AvgIpc) is 3.07. The fourth-order valence-electron chi connectivity index (χ4n) is 5.97. The second kappa shape index (κ2) is 10.5. The van der Waals surface area contributed by atoms with E-state index in [4.69, 9.17) is 0 Å². The second-order valence-corrected chi connectivity index (χ2v) is 10.1. The van der Waals surface area contributed by atoms with Gasteiger partial charge in [0.1, 0.15) is 11.8 Å². The lowest BCUT2D eigenvalue weighted by Crippen LogP contribution is -1.96. The summed E-state index contributed by atoms with van der Waals surface area (Å²) in [5.74, 6) is 0. The van der Waals surface area contributed by atoms with Crippen LogP contribution in [-0.4, -0.2) is 11.5 Å². The van der Waals surface area contributed by atoms with Crippen LogP contribution in [0, 0.1) is 22.7 Å². The van der Waals surface area contributed by atoms with Gasteiger partial charge in [-0.3, -0.25) is 0 Å². The summed E-state index contributed by atoms with van der Waals surface area (Å²) < 4.78 is 0. The van der Waals surface area contributed by atoms with Gasteiger partial charge in [-0.15, -0.1) is 12.6 Å². The fourth-order valence-corrected chi connectivity index (χ4v) is 5.97. The van der Waals surface area contributed by atoms with Crippen molar-refractivity contribution >= 4 is 27.1 Å². The number of allylic oxidation sites excluding steroid dienone is 3. The normalized spacial score (nSPS) is 12.6. The van der Waals surface area contributed by atoms with E-state index < -0.39 is 0 Å². The third-order valence-electron chi connectivity index (χ3n) is 7.77. The van der Waals surface area contributed by atoms with Gasteiger partial charge in [0.05, 0.1) is 6.07 Å². The average molecular weight is 536 g/mol. The number of hydrogen-bond donors (Lipinski definition) is 0. The van der Waals surface area contributed by atoms with Gasteiger partial charge in [-0.25, -0.2) is 4.98 Å². The van der Waals surface area contributed by atoms with Gasteiger partial charge in [0.25, 0.3) is 0 Å². The number of benzene rings is 5. The van der Waals surface area contributed by atoms with Gasteiger partial charge in [-0.05, 0) is 84.8 Å². The maximum absolute atomic E-state index is 9.70. The van der Waals surface area contributed by atoms with E-state index in [-0.39, 0.29) is 0 Å². The highest BCUT2D eigenvalue weighted by molar-refractivity contribution is 6.21. The van der Waals surface area contributed by atoms with Gasteiger partial charge in [0.2, 0.25) is 0 Å². The molecule has 0 aliphatic carbocycles. The van der Waals surface area contributed by atoms with E-state index in [1.54, 1.807) is 6.20 Å². The Bertz CT molecular complexity index is 2120. The number of nitrogens with zero attached hydrogens (tertiary/aromatic N) is 4. The highest BCUT2D eigenvalue weighted by atomic mass is 14.9. The van der Waals surface area contributed by atoms with E-state index in [2.05, 4.69) is 101 Å². The minimum atomic E-state index is 0.412. The van der Waals surface area contributed by atoms with Crippen molar-refractivity contribution in [1.29, 1.82) is 10.5 Å². The predicted molar refractivity (Wildman–Crippen MR) is 170 cm³/mol. The summed E-state index contributed by atoms with van der Waals surface area (Å²) in [5.41, 5.74) is 8.92. The largest absolute Gasteiger partial charge is 0.672 e. The van der Waals surface area contributed by atoms with Gasteiger partial charge in [0, 0.05) is 11.8 Å². The van der Waals surface area contributed by atoms with Crippen molar-refractivity contribution in [2.75, 3.05) is 6.54 Å². The molecule has 1 aliphatic rings. The molecule has 0 unspecified atom stereocenters. The lowest BCUT2D eigenvalue weighted by molar-refractivity contribution is 1.26. The Kier molecular flexibility index (Phi) is 6.28. The molecule has 42 heavy (non-hydrogen) atoms. The smallest absolute Gasteiger partial charge is 0.148 e. The van der Waals surface area contributed by atoms with Gasteiger partial charge in [-0.1, -0.05) is 96.7 Å². The van der Waals surface area contributed by atoms with Crippen molar-refractivity contribution < 1.29 is 0 Å². The molecule has 0 saturated heterocycles. The van der Waals surface area contributed by atoms with Crippen LogP contribution in [0.15, 0.2) is 133 Å². The molecule has 0 fully saturated rings. The van der Waals surface area contributed by atoms with Crippen LogP contribution in [0.2, 0.25) is 0 Å². The molecule has 6 aromatic rings. The summed E-state index contributed by atoms with van der Waals surface area (Å²) in [6.45, 7) is 0.530. The van der Waals surface area contributed by atoms with Gasteiger partial charge in [-0.2, -0.15) is 10.5 Å². The molecular weight excluding hydrogens is 512 g/mol. The highest BCUT2D eigenvalue weighted by Gasteiger charge is 2.18. The first-order valence-electron chi connectivity index (χ1n) is 13.8. The van der Waals surface area contributed by atoms with E-state index in [0.717, 1.165) is 66.1 Å². The molecule has 0 radical (unpaired) electrons. The maximum Gasteiger partial charge on any atom is 0.148 e. The zero-order valence-electron chi connectivity index (χ0n) is 22.6. The Morgan fingerprint density at radius 1 is 0.595 bits per heavy atom. The van der Waals surface area contributed by atoms with Crippen LogP contribution in [0.25, 0.3) is 65.8 Å². The summed E-state index contributed by atoms with van der Waals surface area (Å²) in [6.07, 6.45) is 5.64. The van der Waals surface area contributed by atoms with Gasteiger partial charge in [0.15, 0.2) is 0 Å². The molecule has 0 atom stereocenters. The summed E-state index contributed by atoms with van der Waals surface area (Å²) in [6, 6.07) is 42.1. The molecule has 1 aromatic heterocycles. The number of nitriles is 2. The van der Waals surface area contributed by atoms with E-state index >= 15 is 0 Å². The van der Waals surface area contributed by atoms with E-state index in [1.165, 1.54) is 0 Å². The number of fused-ring (bicyclic) bond motifs is 2. The monoisotopic (exact) mass is 535 g/mol. The summed E-state index contributed by atoms with van der Waals surface area (Å²) in [7, 11) is 0. The van der Waals surface area contributed by atoms with Crippen molar-refractivity contribution in [3.05, 3.63) is 150 Å². The Hall–Kier alpha value is -5.97. The van der Waals surface area contributed by atoms with Crippen LogP contribution in [-0.2, 0) is 0 Å². The third-order valence-corrected chi connectivity index (χ3v) is 7.77. The zero-order valence-corrected chi connectivity index (χ0v) is 22.6. The second-order valence-electron chi connectivity index (χ2n) is 10.1. The number of aromatic nitrogens is 1. The molecule has 4 heteroatoms. The molecule has 5 aromatic carbocycles. The van der Waals surface area contributed by atoms with Crippen LogP contribution in [0.4, 0.5) is 0 Å². The van der Waals surface area contributed by atoms with Crippen LogP contribution in [0.5, 0.6) is 0 Å². The van der Waals surface area contributed by atoms with Crippen molar-refractivity contribution in [3.63, 3.8) is 0 Å². The minimum absolute atomic E-state index is 0.412. The van der Waals surface area contributed by atoms with E-state index in [1.807, 2.05) is 42.5 Å². The Labute approximate surface area is 244 Å². The van der Waals surface area contributed by atoms with Crippen molar-refractivity contribution in [3.8, 4) is 45.5 Å². The van der Waals surface area contributed by atoms with Crippen molar-refractivity contribution in [2.45, 2.75) is 0 Å². The summed E-state index contributed by atoms with van der Waals surface area (Å²) in [4.78, 5) is 4.28. The molecule has 7 rings (SSSR count). The van der Waals surface area contributed by atoms with Gasteiger partial charge < -0.3 is 5.32 Å². The standard InChI is InChI=1S/C38H23N4/c39-23-35-29(17-7-19-41-35)25-9-5-11-27(21-25)37-31-13-1-2-14-32(31)38(34-16-4-3-15-33(34)37)28-12-6-10-26(22-28)30-18-8-20-42-36(30)24-40/h1-19,21-22H,20H2/q-1. The van der Waals surface area contributed by atoms with Crippen LogP contribution < -0.4 is 0 Å². The SMILES string of the molecule is N#CC1=C(c2cccc(-c3c4ccccc4c(-c4cccc(-c5cccnc5C#N)c4)c4ccccc34)c2)C=CC[N-]1. The van der Waals surface area contributed by atoms with E-state index in [9.17, 15) is 10.5 Å². The molecule has 0 saturated carbocycles. The molecule has 0 amide bonds. The predicted octanol–water partition coefficient (Wildman–Crippen LogP) is 9.44.